The van der Waals surface area contributed by atoms with Gasteiger partial charge in [-0.15, -0.1) is 0 Å². The Labute approximate surface area is 121 Å². The summed E-state index contributed by atoms with van der Waals surface area (Å²) < 4.78 is 30.0. The Kier molecular flexibility index (Phi) is 6.09. The summed E-state index contributed by atoms with van der Waals surface area (Å²) in [4.78, 5) is 0. The van der Waals surface area contributed by atoms with Crippen molar-refractivity contribution in [1.82, 2.24) is 4.31 Å². The predicted octanol–water partition coefficient (Wildman–Crippen LogP) is 1.36. The maximum Gasteiger partial charge on any atom is 0.215 e. The molecule has 0 spiro atoms. The number of para-hydroxylation sites is 1. The molecule has 1 aromatic carbocycles. The Bertz CT molecular complexity index is 530. The highest BCUT2D eigenvalue weighted by atomic mass is 32.2. The van der Waals surface area contributed by atoms with Crippen molar-refractivity contribution in [2.75, 3.05) is 44.1 Å². The van der Waals surface area contributed by atoms with Gasteiger partial charge in [-0.25, -0.2) is 12.7 Å². The smallest absolute Gasteiger partial charge is 0.215 e. The van der Waals surface area contributed by atoms with Gasteiger partial charge in [0.05, 0.1) is 23.7 Å². The molecule has 20 heavy (non-hydrogen) atoms. The zero-order valence-corrected chi connectivity index (χ0v) is 13.0. The van der Waals surface area contributed by atoms with Crippen LogP contribution in [-0.4, -0.2) is 45.7 Å². The van der Waals surface area contributed by atoms with E-state index in [4.69, 9.17) is 10.5 Å². The second-order valence-corrected chi connectivity index (χ2v) is 6.89. The molecular weight excluding hydrogens is 278 g/mol. The number of nitrogens with two attached hydrogens (primary N) is 1. The van der Waals surface area contributed by atoms with Crippen molar-refractivity contribution < 1.29 is 13.2 Å². The first-order valence-electron chi connectivity index (χ1n) is 6.54. The summed E-state index contributed by atoms with van der Waals surface area (Å²) in [5.41, 5.74) is 7.18. The van der Waals surface area contributed by atoms with E-state index in [1.807, 2.05) is 13.0 Å². The van der Waals surface area contributed by atoms with Gasteiger partial charge in [-0.3, -0.25) is 0 Å². The fourth-order valence-electron chi connectivity index (χ4n) is 1.53. The molecule has 0 radical (unpaired) electrons. The first kappa shape index (κ1) is 16.6. The van der Waals surface area contributed by atoms with E-state index in [-0.39, 0.29) is 5.75 Å². The van der Waals surface area contributed by atoms with E-state index in [1.54, 1.807) is 12.1 Å². The van der Waals surface area contributed by atoms with Crippen LogP contribution in [0.3, 0.4) is 0 Å². The van der Waals surface area contributed by atoms with Gasteiger partial charge < -0.3 is 15.8 Å². The monoisotopic (exact) mass is 301 g/mol. The molecule has 0 bridgehead atoms. The molecule has 0 amide bonds. The lowest BCUT2D eigenvalue weighted by Crippen LogP contribution is -2.28. The fourth-order valence-corrected chi connectivity index (χ4v) is 2.26. The summed E-state index contributed by atoms with van der Waals surface area (Å²) in [6.07, 6.45) is 0.901. The van der Waals surface area contributed by atoms with Gasteiger partial charge in [0, 0.05) is 20.6 Å². The SMILES string of the molecule is CCCOc1cccc(NCCS(=O)(=O)N(C)C)c1N. The zero-order chi connectivity index (χ0) is 15.2. The first-order chi connectivity index (χ1) is 9.38. The lowest BCUT2D eigenvalue weighted by Gasteiger charge is -2.15. The molecule has 114 valence electrons. The molecular formula is C13H23N3O3S. The normalized spacial score (nSPS) is 11.6. The van der Waals surface area contributed by atoms with E-state index in [0.29, 0.717) is 30.3 Å². The third kappa shape index (κ3) is 4.57. The number of rotatable bonds is 8. The maximum absolute atomic E-state index is 11.6. The van der Waals surface area contributed by atoms with Crippen LogP contribution in [0.15, 0.2) is 18.2 Å². The van der Waals surface area contributed by atoms with Gasteiger partial charge in [0.25, 0.3) is 0 Å². The van der Waals surface area contributed by atoms with Crippen LogP contribution in [0.4, 0.5) is 11.4 Å². The highest BCUT2D eigenvalue weighted by Gasteiger charge is 2.13. The first-order valence-corrected chi connectivity index (χ1v) is 8.14. The minimum Gasteiger partial charge on any atom is -0.491 e. The average molecular weight is 301 g/mol. The highest BCUT2D eigenvalue weighted by molar-refractivity contribution is 7.89. The van der Waals surface area contributed by atoms with E-state index in [0.717, 1.165) is 6.42 Å². The molecule has 7 heteroatoms. The maximum atomic E-state index is 11.6. The van der Waals surface area contributed by atoms with Crippen LogP contribution in [-0.2, 0) is 10.0 Å². The lowest BCUT2D eigenvalue weighted by molar-refractivity contribution is 0.319. The van der Waals surface area contributed by atoms with Gasteiger partial charge in [-0.1, -0.05) is 13.0 Å². The average Bonchev–Trinajstić information content (AvgIpc) is 2.39. The van der Waals surface area contributed by atoms with Crippen molar-refractivity contribution in [3.8, 4) is 5.75 Å². The zero-order valence-electron chi connectivity index (χ0n) is 12.2. The van der Waals surface area contributed by atoms with Gasteiger partial charge in [0.2, 0.25) is 10.0 Å². The molecule has 1 aromatic rings. The third-order valence-corrected chi connectivity index (χ3v) is 4.59. The standard InChI is InChI=1S/C13H23N3O3S/c1-4-9-19-12-7-5-6-11(13(12)14)15-8-10-20(17,18)16(2)3/h5-7,15H,4,8-10,14H2,1-3H3. The topological polar surface area (TPSA) is 84.7 Å². The Balaban J connectivity index is 2.65. The summed E-state index contributed by atoms with van der Waals surface area (Å²) in [6, 6.07) is 5.42. The van der Waals surface area contributed by atoms with E-state index < -0.39 is 10.0 Å². The number of nitrogen functional groups attached to an aromatic ring is 1. The van der Waals surface area contributed by atoms with Crippen LogP contribution in [0.1, 0.15) is 13.3 Å². The van der Waals surface area contributed by atoms with Crippen LogP contribution in [0, 0.1) is 0 Å². The predicted molar refractivity (Wildman–Crippen MR) is 82.6 cm³/mol. The van der Waals surface area contributed by atoms with Crippen LogP contribution in [0.25, 0.3) is 0 Å². The molecule has 0 saturated carbocycles. The minimum atomic E-state index is -3.21. The number of sulfonamides is 1. The molecule has 0 aliphatic rings. The van der Waals surface area contributed by atoms with E-state index in [9.17, 15) is 8.42 Å². The summed E-state index contributed by atoms with van der Waals surface area (Å²) in [5, 5.41) is 3.03. The molecule has 0 unspecified atom stereocenters. The fraction of sp³-hybridized carbons (Fsp3) is 0.538. The number of hydrogen-bond acceptors (Lipinski definition) is 5. The minimum absolute atomic E-state index is 0.0134. The Morgan fingerprint density at radius 2 is 2.05 bits per heavy atom. The van der Waals surface area contributed by atoms with Crippen molar-refractivity contribution in [2.45, 2.75) is 13.3 Å². The van der Waals surface area contributed by atoms with Gasteiger partial charge in [0.1, 0.15) is 5.75 Å². The second-order valence-electron chi connectivity index (χ2n) is 4.59. The number of nitrogens with zero attached hydrogens (tertiary/aromatic N) is 1. The summed E-state index contributed by atoms with van der Waals surface area (Å²) in [5.74, 6) is 0.631. The number of hydrogen-bond donors (Lipinski definition) is 2. The van der Waals surface area contributed by atoms with Gasteiger partial charge >= 0.3 is 0 Å². The highest BCUT2D eigenvalue weighted by Crippen LogP contribution is 2.29. The van der Waals surface area contributed by atoms with Gasteiger partial charge in [-0.2, -0.15) is 0 Å². The molecule has 0 atom stereocenters. The van der Waals surface area contributed by atoms with E-state index in [1.165, 1.54) is 18.4 Å². The van der Waals surface area contributed by atoms with E-state index in [2.05, 4.69) is 5.32 Å². The molecule has 0 heterocycles. The summed E-state index contributed by atoms with van der Waals surface area (Å²) in [7, 11) is -0.173. The molecule has 0 aromatic heterocycles. The van der Waals surface area contributed by atoms with Crippen molar-refractivity contribution in [2.24, 2.45) is 0 Å². The molecule has 1 rings (SSSR count). The molecule has 0 aliphatic heterocycles. The molecule has 0 fully saturated rings. The van der Waals surface area contributed by atoms with Gasteiger partial charge in [0.15, 0.2) is 0 Å². The van der Waals surface area contributed by atoms with Crippen LogP contribution >= 0.6 is 0 Å². The van der Waals surface area contributed by atoms with Gasteiger partial charge in [-0.05, 0) is 18.6 Å². The Morgan fingerprint density at radius 3 is 2.65 bits per heavy atom. The van der Waals surface area contributed by atoms with Crippen molar-refractivity contribution in [3.05, 3.63) is 18.2 Å². The van der Waals surface area contributed by atoms with Crippen molar-refractivity contribution in [3.63, 3.8) is 0 Å². The van der Waals surface area contributed by atoms with E-state index >= 15 is 0 Å². The summed E-state index contributed by atoms with van der Waals surface area (Å²) in [6.45, 7) is 2.91. The van der Waals surface area contributed by atoms with Crippen molar-refractivity contribution in [1.29, 1.82) is 0 Å². The number of ether oxygens (including phenoxy) is 1. The Morgan fingerprint density at radius 1 is 1.35 bits per heavy atom. The quantitative estimate of drug-likeness (QED) is 0.708. The Hall–Kier alpha value is -1.47. The van der Waals surface area contributed by atoms with Crippen LogP contribution in [0.2, 0.25) is 0 Å². The second kappa shape index (κ2) is 7.35. The molecule has 3 N–H and O–H groups in total. The molecule has 6 nitrogen and oxygen atoms in total. The summed E-state index contributed by atoms with van der Waals surface area (Å²) >= 11 is 0. The third-order valence-electron chi connectivity index (χ3n) is 2.76. The lowest BCUT2D eigenvalue weighted by atomic mass is 10.2. The molecule has 0 aliphatic carbocycles. The largest absolute Gasteiger partial charge is 0.491 e. The number of anilines is 2. The number of benzene rings is 1. The van der Waals surface area contributed by atoms with Crippen molar-refractivity contribution >= 4 is 21.4 Å². The number of nitrogens with one attached hydrogen (secondary N) is 1. The van der Waals surface area contributed by atoms with Crippen LogP contribution < -0.4 is 15.8 Å². The van der Waals surface area contributed by atoms with Crippen LogP contribution in [0.5, 0.6) is 5.75 Å². The molecule has 0 saturated heterocycles.